The number of aliphatic hydroxyl groups is 1. The molecule has 0 saturated carbocycles. The predicted molar refractivity (Wildman–Crippen MR) is 73.3 cm³/mol. The molecule has 1 unspecified atom stereocenters. The molecule has 0 bridgehead atoms. The molecule has 96 valence electrons. The molecule has 1 aromatic rings. The van der Waals surface area contributed by atoms with Gasteiger partial charge in [-0.15, -0.1) is 0 Å². The van der Waals surface area contributed by atoms with Gasteiger partial charge in [0.15, 0.2) is 0 Å². The zero-order valence-electron chi connectivity index (χ0n) is 10.1. The van der Waals surface area contributed by atoms with Crippen molar-refractivity contribution >= 4 is 23.4 Å². The van der Waals surface area contributed by atoms with E-state index in [-0.39, 0.29) is 5.02 Å². The van der Waals surface area contributed by atoms with Gasteiger partial charge < -0.3 is 5.11 Å². The fraction of sp³-hybridized carbons (Fsp3) is 0.538. The van der Waals surface area contributed by atoms with Gasteiger partial charge >= 0.3 is 0 Å². The van der Waals surface area contributed by atoms with Gasteiger partial charge in [-0.1, -0.05) is 31.5 Å². The Kier molecular flexibility index (Phi) is 6.31. The van der Waals surface area contributed by atoms with E-state index in [0.717, 1.165) is 11.3 Å². The molecule has 1 aromatic carbocycles. The zero-order valence-corrected chi connectivity index (χ0v) is 11.7. The summed E-state index contributed by atoms with van der Waals surface area (Å²) >= 11 is 7.42. The molecule has 0 spiro atoms. The third-order valence-electron chi connectivity index (χ3n) is 2.22. The minimum absolute atomic E-state index is 0.115. The number of aliphatic hydroxyl groups excluding tert-OH is 1. The summed E-state index contributed by atoms with van der Waals surface area (Å²) in [6, 6.07) is 4.58. The van der Waals surface area contributed by atoms with Crippen molar-refractivity contribution in [2.75, 3.05) is 11.5 Å². The minimum Gasteiger partial charge on any atom is -0.392 e. The smallest absolute Gasteiger partial charge is 0.141 e. The molecule has 0 aliphatic carbocycles. The summed E-state index contributed by atoms with van der Waals surface area (Å²) in [5.41, 5.74) is 0.869. The van der Waals surface area contributed by atoms with E-state index in [1.165, 1.54) is 6.07 Å². The summed E-state index contributed by atoms with van der Waals surface area (Å²) in [5, 5.41) is 9.93. The van der Waals surface area contributed by atoms with Crippen LogP contribution in [0.4, 0.5) is 4.39 Å². The number of thioether (sulfide) groups is 1. The second kappa shape index (κ2) is 7.24. The van der Waals surface area contributed by atoms with Crippen molar-refractivity contribution in [3.63, 3.8) is 0 Å². The van der Waals surface area contributed by atoms with Gasteiger partial charge in [0.05, 0.1) is 11.1 Å². The Balaban J connectivity index is 2.39. The molecule has 0 aliphatic rings. The Labute approximate surface area is 111 Å². The van der Waals surface area contributed by atoms with Crippen molar-refractivity contribution in [1.29, 1.82) is 0 Å². The third-order valence-corrected chi connectivity index (χ3v) is 4.03. The van der Waals surface area contributed by atoms with E-state index in [9.17, 15) is 9.50 Å². The average molecular weight is 277 g/mol. The van der Waals surface area contributed by atoms with Gasteiger partial charge in [-0.2, -0.15) is 11.8 Å². The summed E-state index contributed by atoms with van der Waals surface area (Å²) in [5.74, 6) is 1.96. The Morgan fingerprint density at radius 3 is 2.65 bits per heavy atom. The molecule has 1 N–H and O–H groups in total. The Hall–Kier alpha value is -0.250. The van der Waals surface area contributed by atoms with Crippen LogP contribution in [0.1, 0.15) is 19.4 Å². The van der Waals surface area contributed by atoms with Gasteiger partial charge in [-0.25, -0.2) is 4.39 Å². The maximum Gasteiger partial charge on any atom is 0.141 e. The van der Waals surface area contributed by atoms with Gasteiger partial charge in [0.2, 0.25) is 0 Å². The zero-order chi connectivity index (χ0) is 12.8. The van der Waals surface area contributed by atoms with E-state index < -0.39 is 11.9 Å². The van der Waals surface area contributed by atoms with E-state index in [2.05, 4.69) is 13.8 Å². The van der Waals surface area contributed by atoms with E-state index in [0.29, 0.717) is 18.1 Å². The Bertz CT molecular complexity index is 357. The fourth-order valence-corrected chi connectivity index (χ4v) is 2.64. The lowest BCUT2D eigenvalue weighted by Crippen LogP contribution is -2.14. The highest BCUT2D eigenvalue weighted by atomic mass is 35.5. The summed E-state index contributed by atoms with van der Waals surface area (Å²) in [7, 11) is 0. The molecule has 17 heavy (non-hydrogen) atoms. The monoisotopic (exact) mass is 276 g/mol. The molecule has 0 radical (unpaired) electrons. The lowest BCUT2D eigenvalue weighted by molar-refractivity contribution is 0.200. The maximum absolute atomic E-state index is 12.9. The highest BCUT2D eigenvalue weighted by Gasteiger charge is 2.08. The van der Waals surface area contributed by atoms with Crippen LogP contribution in [0.15, 0.2) is 18.2 Å². The average Bonchev–Trinajstić information content (AvgIpc) is 2.23. The second-order valence-corrected chi connectivity index (χ2v) is 6.02. The molecule has 0 fully saturated rings. The van der Waals surface area contributed by atoms with Crippen LogP contribution in [0.5, 0.6) is 0 Å². The molecular formula is C13H18ClFOS. The highest BCUT2D eigenvalue weighted by Crippen LogP contribution is 2.18. The first-order valence-corrected chi connectivity index (χ1v) is 7.22. The Morgan fingerprint density at radius 1 is 1.35 bits per heavy atom. The molecule has 4 heteroatoms. The largest absolute Gasteiger partial charge is 0.392 e. The van der Waals surface area contributed by atoms with Gasteiger partial charge in [0.25, 0.3) is 0 Å². The Morgan fingerprint density at radius 2 is 2.06 bits per heavy atom. The van der Waals surface area contributed by atoms with Crippen LogP contribution in [-0.2, 0) is 6.42 Å². The normalized spacial score (nSPS) is 13.1. The van der Waals surface area contributed by atoms with Crippen LogP contribution in [0.25, 0.3) is 0 Å². The van der Waals surface area contributed by atoms with Crippen LogP contribution in [0.3, 0.4) is 0 Å². The second-order valence-electron chi connectivity index (χ2n) is 4.54. The lowest BCUT2D eigenvalue weighted by atomic mass is 10.1. The van der Waals surface area contributed by atoms with E-state index >= 15 is 0 Å². The molecule has 0 saturated heterocycles. The van der Waals surface area contributed by atoms with Crippen LogP contribution < -0.4 is 0 Å². The van der Waals surface area contributed by atoms with Crippen LogP contribution in [0, 0.1) is 11.7 Å². The number of benzene rings is 1. The molecule has 0 amide bonds. The molecule has 0 heterocycles. The fourth-order valence-electron chi connectivity index (χ4n) is 1.44. The van der Waals surface area contributed by atoms with Gasteiger partial charge in [0, 0.05) is 5.75 Å². The first-order chi connectivity index (χ1) is 7.99. The quantitative estimate of drug-likeness (QED) is 0.853. The van der Waals surface area contributed by atoms with Crippen molar-refractivity contribution in [2.24, 2.45) is 5.92 Å². The van der Waals surface area contributed by atoms with Gasteiger partial charge in [-0.3, -0.25) is 0 Å². The third kappa shape index (κ3) is 5.75. The number of rotatable bonds is 6. The summed E-state index contributed by atoms with van der Waals surface area (Å²) in [6.07, 6.45) is 0.116. The van der Waals surface area contributed by atoms with Crippen molar-refractivity contribution in [3.8, 4) is 0 Å². The number of hydrogen-bond donors (Lipinski definition) is 1. The minimum atomic E-state index is -0.418. The van der Waals surface area contributed by atoms with Crippen LogP contribution in [0.2, 0.25) is 5.02 Å². The lowest BCUT2D eigenvalue weighted by Gasteiger charge is -2.11. The van der Waals surface area contributed by atoms with E-state index in [4.69, 9.17) is 11.6 Å². The van der Waals surface area contributed by atoms with Crippen LogP contribution >= 0.6 is 23.4 Å². The van der Waals surface area contributed by atoms with Crippen molar-refractivity contribution in [3.05, 3.63) is 34.6 Å². The SMILES string of the molecule is CC(C)CSCC(O)Cc1ccc(F)c(Cl)c1. The van der Waals surface area contributed by atoms with Crippen LogP contribution in [-0.4, -0.2) is 22.7 Å². The van der Waals surface area contributed by atoms with Crippen molar-refractivity contribution in [2.45, 2.75) is 26.4 Å². The predicted octanol–water partition coefficient (Wildman–Crippen LogP) is 3.77. The number of halogens is 2. The standard InChI is InChI=1S/C13H18ClFOS/c1-9(2)7-17-8-11(16)5-10-3-4-13(15)12(14)6-10/h3-4,6,9,11,16H,5,7-8H2,1-2H3. The molecular weight excluding hydrogens is 259 g/mol. The highest BCUT2D eigenvalue weighted by molar-refractivity contribution is 7.99. The van der Waals surface area contributed by atoms with E-state index in [1.54, 1.807) is 23.9 Å². The van der Waals surface area contributed by atoms with Crippen molar-refractivity contribution < 1.29 is 9.50 Å². The van der Waals surface area contributed by atoms with Gasteiger partial charge in [-0.05, 0) is 35.8 Å². The summed E-state index contributed by atoms with van der Waals surface area (Å²) in [6.45, 7) is 4.30. The first kappa shape index (κ1) is 14.8. The maximum atomic E-state index is 12.9. The topological polar surface area (TPSA) is 20.2 Å². The molecule has 0 aliphatic heterocycles. The number of hydrogen-bond acceptors (Lipinski definition) is 2. The van der Waals surface area contributed by atoms with Gasteiger partial charge in [0.1, 0.15) is 5.82 Å². The summed E-state index contributed by atoms with van der Waals surface area (Å²) < 4.78 is 12.9. The molecule has 1 rings (SSSR count). The molecule has 0 aromatic heterocycles. The van der Waals surface area contributed by atoms with E-state index in [1.807, 2.05) is 0 Å². The molecule has 1 atom stereocenters. The first-order valence-electron chi connectivity index (χ1n) is 5.68. The summed E-state index contributed by atoms with van der Waals surface area (Å²) in [4.78, 5) is 0. The molecule has 1 nitrogen and oxygen atoms in total. The van der Waals surface area contributed by atoms with Crippen molar-refractivity contribution in [1.82, 2.24) is 0 Å².